The summed E-state index contributed by atoms with van der Waals surface area (Å²) in [5.41, 5.74) is 0. The lowest BCUT2D eigenvalue weighted by Gasteiger charge is -2.08. The minimum Gasteiger partial charge on any atom is -0.480 e. The molecule has 0 rings (SSSR count). The van der Waals surface area contributed by atoms with Crippen LogP contribution in [0.2, 0.25) is 0 Å². The predicted molar refractivity (Wildman–Crippen MR) is 59.3 cm³/mol. The highest BCUT2D eigenvalue weighted by molar-refractivity contribution is 5.79. The molecule has 17 heavy (non-hydrogen) atoms. The number of carbonyl (C=O) groups excluding carboxylic acids is 2. The number of carboxylic acids is 1. The van der Waals surface area contributed by atoms with Gasteiger partial charge in [0.15, 0.2) is 0 Å². The van der Waals surface area contributed by atoms with Crippen molar-refractivity contribution in [3.63, 3.8) is 0 Å². The number of hydrogen-bond acceptors (Lipinski definition) is 4. The molecule has 0 saturated carbocycles. The van der Waals surface area contributed by atoms with Crippen LogP contribution in [0.3, 0.4) is 0 Å². The third kappa shape index (κ3) is 9.31. The molecule has 0 heterocycles. The lowest BCUT2D eigenvalue weighted by molar-refractivity contribution is -0.143. The number of rotatable bonds is 8. The van der Waals surface area contributed by atoms with E-state index in [0.717, 1.165) is 0 Å². The molecule has 2 amide bonds. The number of amides is 2. The first-order valence-corrected chi connectivity index (χ1v) is 5.27. The Morgan fingerprint density at radius 2 is 1.71 bits per heavy atom. The fraction of sp³-hybridized carbons (Fsp3) is 0.700. The minimum atomic E-state index is -1.12. The second-order valence-corrected chi connectivity index (χ2v) is 3.68. The smallest absolute Gasteiger partial charge is 0.329 e. The quantitative estimate of drug-likeness (QED) is 0.475. The van der Waals surface area contributed by atoms with E-state index in [1.54, 1.807) is 13.8 Å². The Morgan fingerprint density at radius 3 is 2.24 bits per heavy atom. The molecule has 7 nitrogen and oxygen atoms in total. The maximum absolute atomic E-state index is 11.1. The van der Waals surface area contributed by atoms with Crippen LogP contribution >= 0.6 is 0 Å². The highest BCUT2D eigenvalue weighted by Crippen LogP contribution is 1.88. The summed E-state index contributed by atoms with van der Waals surface area (Å²) in [5.74, 6) is -1.71. The van der Waals surface area contributed by atoms with Crippen molar-refractivity contribution in [3.8, 4) is 0 Å². The zero-order valence-corrected chi connectivity index (χ0v) is 9.99. The molecule has 0 aliphatic heterocycles. The van der Waals surface area contributed by atoms with Crippen molar-refractivity contribution in [1.82, 2.24) is 10.6 Å². The third-order valence-electron chi connectivity index (χ3n) is 1.73. The predicted octanol–water partition coefficient (Wildman–Crippen LogP) is -1.02. The van der Waals surface area contributed by atoms with E-state index >= 15 is 0 Å². The molecule has 0 unspecified atom stereocenters. The van der Waals surface area contributed by atoms with Gasteiger partial charge in [-0.3, -0.25) is 9.59 Å². The lowest BCUT2D eigenvalue weighted by atomic mass is 10.2. The van der Waals surface area contributed by atoms with E-state index < -0.39 is 18.5 Å². The van der Waals surface area contributed by atoms with Crippen molar-refractivity contribution in [2.24, 2.45) is 5.92 Å². The van der Waals surface area contributed by atoms with E-state index in [4.69, 9.17) is 5.11 Å². The lowest BCUT2D eigenvalue weighted by Crippen LogP contribution is -2.37. The molecule has 0 saturated heterocycles. The second-order valence-electron chi connectivity index (χ2n) is 3.68. The van der Waals surface area contributed by atoms with Gasteiger partial charge in [-0.05, 0) is 0 Å². The largest absolute Gasteiger partial charge is 0.480 e. The van der Waals surface area contributed by atoms with E-state index in [1.807, 2.05) is 0 Å². The van der Waals surface area contributed by atoms with E-state index in [2.05, 4.69) is 15.4 Å². The molecule has 0 aliphatic rings. The van der Waals surface area contributed by atoms with Crippen LogP contribution in [-0.4, -0.2) is 49.2 Å². The minimum absolute atomic E-state index is 0.0821. The topological polar surface area (TPSA) is 105 Å². The van der Waals surface area contributed by atoms with Gasteiger partial charge in [-0.25, -0.2) is 4.79 Å². The molecule has 0 aromatic heterocycles. The Hall–Kier alpha value is -1.63. The van der Waals surface area contributed by atoms with Crippen LogP contribution in [0.15, 0.2) is 0 Å². The summed E-state index contributed by atoms with van der Waals surface area (Å²) < 4.78 is 4.57. The molecule has 98 valence electrons. The summed E-state index contributed by atoms with van der Waals surface area (Å²) in [6.07, 6.45) is 0. The van der Waals surface area contributed by atoms with E-state index in [9.17, 15) is 14.4 Å². The van der Waals surface area contributed by atoms with Gasteiger partial charge in [0.25, 0.3) is 0 Å². The van der Waals surface area contributed by atoms with Crippen LogP contribution in [0.5, 0.6) is 0 Å². The Morgan fingerprint density at radius 1 is 1.12 bits per heavy atom. The first-order chi connectivity index (χ1) is 7.93. The summed E-state index contributed by atoms with van der Waals surface area (Å²) in [7, 11) is 0. The van der Waals surface area contributed by atoms with Crippen LogP contribution in [-0.2, 0) is 19.1 Å². The molecule has 3 N–H and O–H groups in total. The fourth-order valence-electron chi connectivity index (χ4n) is 0.874. The molecular formula is C10H18N2O5. The van der Waals surface area contributed by atoms with Gasteiger partial charge in [0.1, 0.15) is 13.2 Å². The Balaban J connectivity index is 3.45. The molecule has 0 aliphatic carbocycles. The molecule has 0 radical (unpaired) electrons. The van der Waals surface area contributed by atoms with Crippen LogP contribution in [0, 0.1) is 5.92 Å². The molecule has 0 bridgehead atoms. The first kappa shape index (κ1) is 15.4. The van der Waals surface area contributed by atoms with Gasteiger partial charge in [-0.1, -0.05) is 13.8 Å². The van der Waals surface area contributed by atoms with Gasteiger partial charge in [0.2, 0.25) is 11.8 Å². The van der Waals surface area contributed by atoms with Gasteiger partial charge in [-0.15, -0.1) is 0 Å². The zero-order chi connectivity index (χ0) is 13.3. The highest BCUT2D eigenvalue weighted by atomic mass is 16.5. The fourth-order valence-corrected chi connectivity index (χ4v) is 0.874. The van der Waals surface area contributed by atoms with Crippen molar-refractivity contribution in [2.45, 2.75) is 13.8 Å². The Kier molecular flexibility index (Phi) is 7.70. The van der Waals surface area contributed by atoms with Gasteiger partial charge in [-0.2, -0.15) is 0 Å². The van der Waals surface area contributed by atoms with E-state index in [-0.39, 0.29) is 25.0 Å². The molecule has 0 atom stereocenters. The molecule has 0 aromatic carbocycles. The van der Waals surface area contributed by atoms with Gasteiger partial charge >= 0.3 is 5.97 Å². The number of carbonyl (C=O) groups is 3. The van der Waals surface area contributed by atoms with E-state index in [1.165, 1.54) is 0 Å². The van der Waals surface area contributed by atoms with Crippen LogP contribution in [0.4, 0.5) is 0 Å². The molecule has 7 heteroatoms. The highest BCUT2D eigenvalue weighted by Gasteiger charge is 2.06. The van der Waals surface area contributed by atoms with Crippen molar-refractivity contribution in [3.05, 3.63) is 0 Å². The number of hydrogen-bond donors (Lipinski definition) is 3. The molecule has 0 fully saturated rings. The summed E-state index contributed by atoms with van der Waals surface area (Å²) >= 11 is 0. The summed E-state index contributed by atoms with van der Waals surface area (Å²) in [4.78, 5) is 32.3. The first-order valence-electron chi connectivity index (χ1n) is 5.27. The van der Waals surface area contributed by atoms with Gasteiger partial charge in [0, 0.05) is 19.0 Å². The second kappa shape index (κ2) is 8.51. The maximum atomic E-state index is 11.1. The van der Waals surface area contributed by atoms with Gasteiger partial charge in [0.05, 0.1) is 0 Å². The van der Waals surface area contributed by atoms with E-state index in [0.29, 0.717) is 6.54 Å². The Labute approximate surface area is 99.5 Å². The number of nitrogens with one attached hydrogen (secondary N) is 2. The van der Waals surface area contributed by atoms with Crippen molar-refractivity contribution < 1.29 is 24.2 Å². The van der Waals surface area contributed by atoms with Crippen LogP contribution in [0.25, 0.3) is 0 Å². The van der Waals surface area contributed by atoms with Gasteiger partial charge < -0.3 is 20.5 Å². The van der Waals surface area contributed by atoms with Crippen molar-refractivity contribution in [1.29, 1.82) is 0 Å². The van der Waals surface area contributed by atoms with Crippen molar-refractivity contribution >= 4 is 17.8 Å². The monoisotopic (exact) mass is 246 g/mol. The van der Waals surface area contributed by atoms with Crippen molar-refractivity contribution in [2.75, 3.05) is 26.3 Å². The summed E-state index contributed by atoms with van der Waals surface area (Å²) in [6, 6.07) is 0. The maximum Gasteiger partial charge on any atom is 0.329 e. The van der Waals surface area contributed by atoms with Crippen LogP contribution < -0.4 is 10.6 Å². The molecular weight excluding hydrogens is 228 g/mol. The summed E-state index contributed by atoms with van der Waals surface area (Å²) in [6.45, 7) is 3.36. The number of carboxylic acid groups (broad SMARTS) is 1. The standard InChI is InChI=1S/C10H18N2O5/c1-7(2)10(16)12-4-3-11-8(13)5-17-6-9(14)15/h7H,3-6H2,1-2H3,(H,11,13)(H,12,16)(H,14,15). The number of ether oxygens (including phenoxy) is 1. The SMILES string of the molecule is CC(C)C(=O)NCCNC(=O)COCC(=O)O. The average molecular weight is 246 g/mol. The average Bonchev–Trinajstić information content (AvgIpc) is 2.23. The molecule has 0 aromatic rings. The Bertz CT molecular complexity index is 278. The van der Waals surface area contributed by atoms with Crippen LogP contribution in [0.1, 0.15) is 13.8 Å². The molecule has 0 spiro atoms. The zero-order valence-electron chi connectivity index (χ0n) is 9.99. The number of aliphatic carboxylic acids is 1. The normalized spacial score (nSPS) is 10.1. The third-order valence-corrected chi connectivity index (χ3v) is 1.73. The summed E-state index contributed by atoms with van der Waals surface area (Å²) in [5, 5.41) is 13.4.